The highest BCUT2D eigenvalue weighted by Crippen LogP contribution is 2.69. The van der Waals surface area contributed by atoms with Crippen molar-refractivity contribution in [3.8, 4) is 0 Å². The monoisotopic (exact) mass is 1110 g/mol. The number of nitrogens with zero attached hydrogens (tertiary/aromatic N) is 2. The van der Waals surface area contributed by atoms with Crippen molar-refractivity contribution in [3.63, 3.8) is 0 Å². The van der Waals surface area contributed by atoms with Crippen LogP contribution in [0.2, 0.25) is 0 Å². The van der Waals surface area contributed by atoms with Gasteiger partial charge in [0, 0.05) is 74.5 Å². The molecule has 0 N–H and O–H groups in total. The lowest BCUT2D eigenvalue weighted by Crippen LogP contribution is -2.47. The van der Waals surface area contributed by atoms with Crippen LogP contribution in [0.5, 0.6) is 0 Å². The summed E-state index contributed by atoms with van der Waals surface area (Å²) in [5, 5.41) is 0.856. The zero-order valence-electron chi connectivity index (χ0n) is 48.1. The maximum atomic E-state index is 15.2. The molecular weight excluding hydrogens is 1030 g/mol. The number of hydrogen-bond acceptors (Lipinski definition) is 3. The van der Waals surface area contributed by atoms with Crippen LogP contribution in [0.3, 0.4) is 0 Å². The summed E-state index contributed by atoms with van der Waals surface area (Å²) >= 11 is 2.17. The van der Waals surface area contributed by atoms with Gasteiger partial charge in [-0.1, -0.05) is 183 Å². The highest BCUT2D eigenvalue weighted by atomic mass is 32.2. The molecule has 2 fully saturated rings. The number of halogens is 2. The van der Waals surface area contributed by atoms with Crippen LogP contribution < -0.4 is 4.90 Å². The molecule has 13 aliphatic carbocycles. The SMILES string of the molecule is C=CC1=CCC(C2(C3C=CC=CC3)c3cc(N(C4=CC=C(F)CC4)C4=CC5C(CC4)SC4C=CC(N(C6=CC=C(F)CC6)C6C=CC7C8C=CC=CC8C(C8=CC=C(C=C)CC8)(C8CC=CCC8)C7C6)=CC45)ccc3C3C=CC=CC32)C=C1. The van der Waals surface area contributed by atoms with Crippen molar-refractivity contribution in [2.75, 3.05) is 4.90 Å². The number of anilines is 1. The van der Waals surface area contributed by atoms with Gasteiger partial charge in [-0.2, -0.15) is 0 Å². The Balaban J connectivity index is 0.814. The molecule has 1 heterocycles. The van der Waals surface area contributed by atoms with Gasteiger partial charge in [-0.15, -0.1) is 11.8 Å². The van der Waals surface area contributed by atoms with E-state index in [0.29, 0.717) is 101 Å². The molecule has 1 aromatic rings. The lowest BCUT2D eigenvalue weighted by Gasteiger charge is -2.52. The Morgan fingerprint density at radius 3 is 2.16 bits per heavy atom. The highest BCUT2D eigenvalue weighted by molar-refractivity contribution is 8.01. The molecule has 0 aromatic heterocycles. The average Bonchev–Trinajstić information content (AvgIpc) is 2.01. The van der Waals surface area contributed by atoms with Gasteiger partial charge < -0.3 is 9.80 Å². The van der Waals surface area contributed by atoms with Gasteiger partial charge >= 0.3 is 0 Å². The molecule has 5 heteroatoms. The van der Waals surface area contributed by atoms with Gasteiger partial charge in [-0.3, -0.25) is 0 Å². The fourth-order valence-electron chi connectivity index (χ4n) is 19.3. The van der Waals surface area contributed by atoms with Crippen LogP contribution in [0, 0.1) is 64.6 Å². The Morgan fingerprint density at radius 1 is 0.590 bits per heavy atom. The molecule has 0 spiro atoms. The summed E-state index contributed by atoms with van der Waals surface area (Å²) < 4.78 is 30.4. The largest absolute Gasteiger partial charge is 0.338 e. The first-order valence-corrected chi connectivity index (χ1v) is 32.8. The van der Waals surface area contributed by atoms with E-state index >= 15 is 8.78 Å². The van der Waals surface area contributed by atoms with E-state index in [4.69, 9.17) is 0 Å². The van der Waals surface area contributed by atoms with Gasteiger partial charge in [0.2, 0.25) is 0 Å². The van der Waals surface area contributed by atoms with Gasteiger partial charge in [0.25, 0.3) is 0 Å². The van der Waals surface area contributed by atoms with Crippen molar-refractivity contribution in [2.45, 2.75) is 118 Å². The quantitative estimate of drug-likeness (QED) is 0.193. The first-order valence-electron chi connectivity index (χ1n) is 31.9. The van der Waals surface area contributed by atoms with E-state index in [-0.39, 0.29) is 28.5 Å². The summed E-state index contributed by atoms with van der Waals surface area (Å²) in [6.07, 6.45) is 86.1. The molecule has 0 bridgehead atoms. The molecule has 1 aromatic carbocycles. The number of fused-ring (bicyclic) bond motifs is 9. The predicted octanol–water partition coefficient (Wildman–Crippen LogP) is 19.7. The summed E-state index contributed by atoms with van der Waals surface area (Å²) in [4.78, 5) is 5.27. The zero-order valence-corrected chi connectivity index (χ0v) is 48.9. The van der Waals surface area contributed by atoms with E-state index in [1.54, 1.807) is 17.7 Å². The van der Waals surface area contributed by atoms with Crippen LogP contribution in [-0.4, -0.2) is 21.4 Å². The Hall–Kier alpha value is -6.43. The smallest absolute Gasteiger partial charge is 0.100 e. The van der Waals surface area contributed by atoms with E-state index in [0.717, 1.165) is 57.8 Å². The number of hydrogen-bond donors (Lipinski definition) is 0. The van der Waals surface area contributed by atoms with Crippen molar-refractivity contribution in [3.05, 3.63) is 282 Å². The molecule has 1 saturated heterocycles. The lowest BCUT2D eigenvalue weighted by molar-refractivity contribution is 0.0684. The molecule has 2 nitrogen and oxygen atoms in total. The Labute approximate surface area is 497 Å². The zero-order chi connectivity index (χ0) is 55.8. The maximum absolute atomic E-state index is 15.2. The Morgan fingerprint density at radius 2 is 1.41 bits per heavy atom. The summed E-state index contributed by atoms with van der Waals surface area (Å²) in [7, 11) is 0. The third-order valence-electron chi connectivity index (χ3n) is 22.7. The van der Waals surface area contributed by atoms with Crippen LogP contribution in [0.25, 0.3) is 0 Å². The molecule has 0 amide bonds. The van der Waals surface area contributed by atoms with Crippen LogP contribution in [-0.2, 0) is 5.41 Å². The van der Waals surface area contributed by atoms with E-state index in [9.17, 15) is 0 Å². The van der Waals surface area contributed by atoms with Crippen LogP contribution in [0.15, 0.2) is 271 Å². The fraction of sp³-hybridized carbons (Fsp3) is 0.385. The van der Waals surface area contributed by atoms with Gasteiger partial charge in [-0.05, 0) is 195 Å². The highest BCUT2D eigenvalue weighted by Gasteiger charge is 2.64. The first-order chi connectivity index (χ1) is 40.8. The van der Waals surface area contributed by atoms with Crippen LogP contribution >= 0.6 is 11.8 Å². The minimum absolute atomic E-state index is 0.0277. The third-order valence-corrected chi connectivity index (χ3v) is 24.4. The second kappa shape index (κ2) is 21.9. The van der Waals surface area contributed by atoms with Crippen molar-refractivity contribution in [2.24, 2.45) is 64.6 Å². The van der Waals surface area contributed by atoms with Gasteiger partial charge in [0.05, 0.1) is 6.04 Å². The van der Waals surface area contributed by atoms with Gasteiger partial charge in [-0.25, -0.2) is 8.78 Å². The number of allylic oxidation sites excluding steroid dienone is 37. The summed E-state index contributed by atoms with van der Waals surface area (Å²) in [5.41, 5.74) is 13.2. The molecule has 15 rings (SSSR count). The number of rotatable bonds is 12. The molecule has 83 heavy (non-hydrogen) atoms. The van der Waals surface area contributed by atoms with Crippen LogP contribution in [0.4, 0.5) is 14.5 Å². The number of benzene rings is 1. The van der Waals surface area contributed by atoms with Crippen LogP contribution in [0.1, 0.15) is 107 Å². The Bertz CT molecular complexity index is 3490. The van der Waals surface area contributed by atoms with Crippen molar-refractivity contribution in [1.29, 1.82) is 0 Å². The van der Waals surface area contributed by atoms with E-state index in [1.165, 1.54) is 57.2 Å². The average molecular weight is 1120 g/mol. The second-order valence-electron chi connectivity index (χ2n) is 26.3. The first kappa shape index (κ1) is 53.3. The molecule has 1 aliphatic heterocycles. The third kappa shape index (κ3) is 8.80. The summed E-state index contributed by atoms with van der Waals surface area (Å²) in [6.45, 7) is 8.34. The molecule has 0 radical (unpaired) electrons. The fourth-order valence-corrected chi connectivity index (χ4v) is 21.0. The van der Waals surface area contributed by atoms with Gasteiger partial charge in [0.15, 0.2) is 0 Å². The normalized spacial score (nSPS) is 38.4. The molecule has 16 unspecified atom stereocenters. The predicted molar refractivity (Wildman–Crippen MR) is 343 cm³/mol. The molecule has 422 valence electrons. The summed E-state index contributed by atoms with van der Waals surface area (Å²) in [5.74, 6) is 4.14. The number of thioether (sulfide) groups is 1. The summed E-state index contributed by atoms with van der Waals surface area (Å²) in [6, 6.07) is 7.60. The van der Waals surface area contributed by atoms with Crippen molar-refractivity contribution < 1.29 is 8.78 Å². The van der Waals surface area contributed by atoms with Crippen molar-refractivity contribution in [1.82, 2.24) is 4.90 Å². The van der Waals surface area contributed by atoms with Crippen molar-refractivity contribution >= 4 is 17.4 Å². The van der Waals surface area contributed by atoms with E-state index < -0.39 is 0 Å². The topological polar surface area (TPSA) is 6.48 Å². The minimum Gasteiger partial charge on any atom is -0.338 e. The molecule has 14 aliphatic rings. The standard InChI is InChI=1S/C78H80F2N2S/c1-3-51-23-27-55(28-24-51)77(53-15-7-5-8-16-53)71-21-13-11-19-65(71)67-43-39-63(49-73(67)77)81(59-35-31-57(79)32-36-59)61-41-45-75-69(47-61)70-48-62(42-46-76(70)83-75)82(60-37-33-58(80)34-38-60)64-40-44-68-66-20-12-14-22-72(66)78(74(68)50-64,54-17-9-6-10-18-54)56-29-25-52(4-2)26-30-56/h3-9,11-15,19-25,27,29,31,33,35,37,39-40,42-44,46-49,53-55,64-66,68-72,74-76H,1-2,10,16-18,26,28,30,32,34,36,38,41,45,50H2. The van der Waals surface area contributed by atoms with Gasteiger partial charge in [0.1, 0.15) is 11.7 Å². The lowest BCUT2D eigenvalue weighted by atomic mass is 9.53. The molecular formula is C78H80F2N2S. The van der Waals surface area contributed by atoms with E-state index in [2.05, 4.69) is 223 Å². The minimum atomic E-state index is -0.178. The second-order valence-corrected chi connectivity index (χ2v) is 27.7. The Kier molecular flexibility index (Phi) is 14.1. The van der Waals surface area contributed by atoms with E-state index in [1.807, 2.05) is 6.08 Å². The molecule has 16 atom stereocenters. The maximum Gasteiger partial charge on any atom is 0.100 e. The molecule has 1 saturated carbocycles.